The summed E-state index contributed by atoms with van der Waals surface area (Å²) in [7, 11) is 0. The molecule has 0 aliphatic carbocycles. The van der Waals surface area contributed by atoms with Crippen molar-refractivity contribution < 1.29 is 19.1 Å². The van der Waals surface area contributed by atoms with Crippen LogP contribution in [0.2, 0.25) is 0 Å². The van der Waals surface area contributed by atoms with Crippen molar-refractivity contribution >= 4 is 12.1 Å². The summed E-state index contributed by atoms with van der Waals surface area (Å²) < 4.78 is 5.31. The Balaban J connectivity index is 0.00000163. The van der Waals surface area contributed by atoms with Crippen LogP contribution in [0.1, 0.15) is 71.9 Å². The highest BCUT2D eigenvalue weighted by Gasteiger charge is 2.16. The van der Waals surface area contributed by atoms with E-state index in [0.29, 0.717) is 6.42 Å². The number of rotatable bonds is 5. The molecule has 1 rings (SSSR count). The molecule has 0 heterocycles. The third-order valence-electron chi connectivity index (χ3n) is 3.31. The van der Waals surface area contributed by atoms with Crippen molar-refractivity contribution in [2.24, 2.45) is 0 Å². The Bertz CT molecular complexity index is 541. The molecule has 1 aromatic carbocycles. The summed E-state index contributed by atoms with van der Waals surface area (Å²) in [5.41, 5.74) is 2.53. The second kappa shape index (κ2) is 10.0. The zero-order chi connectivity index (χ0) is 18.8. The van der Waals surface area contributed by atoms with Gasteiger partial charge in [-0.05, 0) is 56.6 Å². The van der Waals surface area contributed by atoms with Crippen molar-refractivity contribution in [3.8, 4) is 0 Å². The summed E-state index contributed by atoms with van der Waals surface area (Å²) in [6.07, 6.45) is 3.68. The number of carbonyl (C=O) groups is 1. The van der Waals surface area contributed by atoms with E-state index >= 15 is 0 Å². The molecule has 1 aromatic rings. The third-order valence-corrected chi connectivity index (χ3v) is 3.31. The van der Waals surface area contributed by atoms with E-state index in [1.165, 1.54) is 11.1 Å². The molecule has 0 N–H and O–H groups in total. The van der Waals surface area contributed by atoms with E-state index in [0.717, 1.165) is 19.3 Å². The lowest BCUT2D eigenvalue weighted by Crippen LogP contribution is -2.23. The lowest BCUT2D eigenvalue weighted by atomic mass is 9.86. The quantitative estimate of drug-likeness (QED) is 0.589. The predicted molar refractivity (Wildman–Crippen MR) is 93.5 cm³/mol. The minimum Gasteiger partial charge on any atom is -0.460 e. The highest BCUT2D eigenvalue weighted by atomic mass is 16.6. The minimum atomic E-state index is -0.377. The van der Waals surface area contributed by atoms with Gasteiger partial charge in [-0.1, -0.05) is 45.0 Å². The van der Waals surface area contributed by atoms with Gasteiger partial charge in [0, 0.05) is 6.42 Å². The van der Waals surface area contributed by atoms with E-state index in [-0.39, 0.29) is 23.1 Å². The standard InChI is InChI=1S/C19H30O2.CO2/c1-18(2,3)16-12-9-11-15(14-16)10-7-8-13-17(20)21-19(4,5)6;2-1-3/h9,11-12,14H,7-8,10,13H2,1-6H3;. The van der Waals surface area contributed by atoms with Crippen LogP contribution in [-0.2, 0) is 31.0 Å². The Morgan fingerprint density at radius 2 is 1.62 bits per heavy atom. The topological polar surface area (TPSA) is 60.4 Å². The maximum atomic E-state index is 11.6. The van der Waals surface area contributed by atoms with Crippen LogP contribution < -0.4 is 0 Å². The predicted octanol–water partition coefficient (Wildman–Crippen LogP) is 4.46. The van der Waals surface area contributed by atoms with Crippen LogP contribution in [0.4, 0.5) is 0 Å². The van der Waals surface area contributed by atoms with Gasteiger partial charge in [-0.2, -0.15) is 9.59 Å². The summed E-state index contributed by atoms with van der Waals surface area (Å²) in [4.78, 5) is 27.9. The molecular formula is C20H30O4. The maximum absolute atomic E-state index is 11.6. The van der Waals surface area contributed by atoms with Gasteiger partial charge >= 0.3 is 12.1 Å². The first kappa shape index (κ1) is 22.1. The van der Waals surface area contributed by atoms with Gasteiger partial charge in [-0.15, -0.1) is 0 Å². The third kappa shape index (κ3) is 10.7. The smallest absolute Gasteiger partial charge is 0.373 e. The van der Waals surface area contributed by atoms with Gasteiger partial charge in [0.1, 0.15) is 5.60 Å². The molecule has 24 heavy (non-hydrogen) atoms. The molecule has 0 aliphatic rings. The first-order valence-corrected chi connectivity index (χ1v) is 8.30. The van der Waals surface area contributed by atoms with Crippen molar-refractivity contribution in [1.82, 2.24) is 0 Å². The van der Waals surface area contributed by atoms with Gasteiger partial charge in [0.25, 0.3) is 0 Å². The van der Waals surface area contributed by atoms with Crippen LogP contribution in [0, 0.1) is 0 Å². The molecule has 0 spiro atoms. The molecule has 0 saturated heterocycles. The molecule has 0 saturated carbocycles. The fraction of sp³-hybridized carbons (Fsp3) is 0.600. The van der Waals surface area contributed by atoms with Crippen molar-refractivity contribution in [2.45, 2.75) is 78.2 Å². The van der Waals surface area contributed by atoms with Gasteiger partial charge in [-0.25, -0.2) is 0 Å². The fourth-order valence-electron chi connectivity index (χ4n) is 2.18. The normalized spacial score (nSPS) is 11.1. The van der Waals surface area contributed by atoms with Gasteiger partial charge in [0.15, 0.2) is 0 Å². The van der Waals surface area contributed by atoms with Crippen molar-refractivity contribution in [3.63, 3.8) is 0 Å². The summed E-state index contributed by atoms with van der Waals surface area (Å²) >= 11 is 0. The number of ether oxygens (including phenoxy) is 1. The number of aryl methyl sites for hydroxylation is 1. The first-order valence-electron chi connectivity index (χ1n) is 8.30. The van der Waals surface area contributed by atoms with Crippen LogP contribution in [0.5, 0.6) is 0 Å². The molecule has 0 aromatic heterocycles. The van der Waals surface area contributed by atoms with Crippen LogP contribution in [0.15, 0.2) is 24.3 Å². The van der Waals surface area contributed by atoms with Crippen molar-refractivity contribution in [3.05, 3.63) is 35.4 Å². The largest absolute Gasteiger partial charge is 0.460 e. The zero-order valence-electron chi connectivity index (χ0n) is 15.8. The van der Waals surface area contributed by atoms with Crippen LogP contribution >= 0.6 is 0 Å². The molecule has 0 aliphatic heterocycles. The van der Waals surface area contributed by atoms with Gasteiger partial charge < -0.3 is 4.74 Å². The molecule has 4 nitrogen and oxygen atoms in total. The number of hydrogen-bond donors (Lipinski definition) is 0. The highest BCUT2D eigenvalue weighted by Crippen LogP contribution is 2.23. The van der Waals surface area contributed by atoms with Gasteiger partial charge in [-0.3, -0.25) is 4.79 Å². The summed E-state index contributed by atoms with van der Waals surface area (Å²) in [5.74, 6) is -0.0917. The lowest BCUT2D eigenvalue weighted by Gasteiger charge is -2.20. The van der Waals surface area contributed by atoms with E-state index in [4.69, 9.17) is 14.3 Å². The SMILES string of the molecule is CC(C)(C)OC(=O)CCCCc1cccc(C(C)(C)C)c1.O=C=O. The number of carbonyl (C=O) groups excluding carboxylic acids is 3. The summed E-state index contributed by atoms with van der Waals surface area (Å²) in [6, 6.07) is 8.77. The Morgan fingerprint density at radius 3 is 2.12 bits per heavy atom. The summed E-state index contributed by atoms with van der Waals surface area (Å²) in [5, 5.41) is 0. The highest BCUT2D eigenvalue weighted by molar-refractivity contribution is 5.69. The van der Waals surface area contributed by atoms with Crippen LogP contribution in [0.3, 0.4) is 0 Å². The Hall–Kier alpha value is -1.93. The summed E-state index contributed by atoms with van der Waals surface area (Å²) in [6.45, 7) is 12.4. The van der Waals surface area contributed by atoms with Gasteiger partial charge in [0.2, 0.25) is 0 Å². The molecule has 0 atom stereocenters. The monoisotopic (exact) mass is 334 g/mol. The average molecular weight is 334 g/mol. The van der Waals surface area contributed by atoms with Crippen molar-refractivity contribution in [2.75, 3.05) is 0 Å². The molecule has 4 heteroatoms. The van der Waals surface area contributed by atoms with Gasteiger partial charge in [0.05, 0.1) is 0 Å². The number of hydrogen-bond acceptors (Lipinski definition) is 4. The second-order valence-corrected chi connectivity index (χ2v) is 7.83. The van der Waals surface area contributed by atoms with E-state index in [2.05, 4.69) is 45.0 Å². The number of unbranched alkanes of at least 4 members (excludes halogenated alkanes) is 1. The molecule has 0 bridgehead atoms. The van der Waals surface area contributed by atoms with E-state index in [9.17, 15) is 4.79 Å². The second-order valence-electron chi connectivity index (χ2n) is 7.83. The van der Waals surface area contributed by atoms with Crippen LogP contribution in [0.25, 0.3) is 0 Å². The molecule has 0 amide bonds. The average Bonchev–Trinajstić information content (AvgIpc) is 2.42. The minimum absolute atomic E-state index is 0.0917. The van der Waals surface area contributed by atoms with E-state index in [1.807, 2.05) is 20.8 Å². The maximum Gasteiger partial charge on any atom is 0.373 e. The van der Waals surface area contributed by atoms with E-state index < -0.39 is 0 Å². The first-order chi connectivity index (χ1) is 11.0. The molecule has 0 fully saturated rings. The zero-order valence-corrected chi connectivity index (χ0v) is 15.8. The Morgan fingerprint density at radius 1 is 1.04 bits per heavy atom. The molecule has 0 unspecified atom stereocenters. The Kier molecular flexibility index (Phi) is 9.24. The number of esters is 1. The molecule has 0 radical (unpaired) electrons. The van der Waals surface area contributed by atoms with Crippen LogP contribution in [-0.4, -0.2) is 17.7 Å². The van der Waals surface area contributed by atoms with E-state index in [1.54, 1.807) is 0 Å². The Labute approximate surface area is 145 Å². The number of benzene rings is 1. The molecular weight excluding hydrogens is 304 g/mol. The fourth-order valence-corrected chi connectivity index (χ4v) is 2.18. The van der Waals surface area contributed by atoms with Crippen molar-refractivity contribution in [1.29, 1.82) is 0 Å². The lowest BCUT2D eigenvalue weighted by molar-refractivity contribution is -0.191. The molecule has 134 valence electrons.